The normalized spacial score (nSPS) is 32.9. The maximum atomic E-state index is 12.4. The monoisotopic (exact) mass is 333 g/mol. The van der Waals surface area contributed by atoms with Gasteiger partial charge in [-0.05, 0) is 63.3 Å². The van der Waals surface area contributed by atoms with E-state index < -0.39 is 0 Å². The fourth-order valence-electron chi connectivity index (χ4n) is 4.87. The van der Waals surface area contributed by atoms with Gasteiger partial charge in [-0.3, -0.25) is 9.59 Å². The molecule has 0 aromatic rings. The van der Waals surface area contributed by atoms with Crippen LogP contribution in [0.5, 0.6) is 0 Å². The van der Waals surface area contributed by atoms with Gasteiger partial charge in [0.1, 0.15) is 0 Å². The summed E-state index contributed by atoms with van der Waals surface area (Å²) in [7, 11) is 0. The molecule has 4 rings (SSSR count). The number of rotatable bonds is 5. The van der Waals surface area contributed by atoms with E-state index in [1.54, 1.807) is 0 Å². The van der Waals surface area contributed by atoms with E-state index in [9.17, 15) is 9.59 Å². The molecule has 3 atom stereocenters. The van der Waals surface area contributed by atoms with Crippen molar-refractivity contribution in [3.05, 3.63) is 0 Å². The lowest BCUT2D eigenvalue weighted by atomic mass is 9.79. The Kier molecular flexibility index (Phi) is 4.79. The van der Waals surface area contributed by atoms with Crippen molar-refractivity contribution in [2.45, 2.75) is 57.4 Å². The van der Waals surface area contributed by atoms with Crippen molar-refractivity contribution < 1.29 is 9.59 Å². The Morgan fingerprint density at radius 3 is 2.58 bits per heavy atom. The van der Waals surface area contributed by atoms with Crippen LogP contribution in [0.4, 0.5) is 0 Å². The van der Waals surface area contributed by atoms with Crippen LogP contribution in [0.15, 0.2) is 0 Å². The smallest absolute Gasteiger partial charge is 0.225 e. The highest BCUT2D eigenvalue weighted by atomic mass is 16.2. The van der Waals surface area contributed by atoms with Crippen LogP contribution in [0.3, 0.4) is 0 Å². The van der Waals surface area contributed by atoms with E-state index in [4.69, 9.17) is 0 Å². The number of nitrogens with one attached hydrogen (secondary N) is 1. The molecular formula is C19H31N3O2. The minimum atomic E-state index is 0.341. The van der Waals surface area contributed by atoms with Crippen LogP contribution < -0.4 is 5.32 Å². The third-order valence-electron chi connectivity index (χ3n) is 6.41. The van der Waals surface area contributed by atoms with Crippen molar-refractivity contribution in [3.8, 4) is 0 Å². The second-order valence-electron chi connectivity index (χ2n) is 8.37. The summed E-state index contributed by atoms with van der Waals surface area (Å²) in [5.74, 6) is 2.31. The molecule has 3 saturated heterocycles. The zero-order valence-corrected chi connectivity index (χ0v) is 14.7. The summed E-state index contributed by atoms with van der Waals surface area (Å²) < 4.78 is 0. The number of fused-ring (bicyclic) bond motifs is 2. The summed E-state index contributed by atoms with van der Waals surface area (Å²) in [6.45, 7) is 4.85. The number of hydrogen-bond donors (Lipinski definition) is 1. The third kappa shape index (κ3) is 3.61. The Morgan fingerprint density at radius 2 is 1.83 bits per heavy atom. The van der Waals surface area contributed by atoms with Gasteiger partial charge in [0.25, 0.3) is 0 Å². The van der Waals surface area contributed by atoms with Gasteiger partial charge < -0.3 is 15.1 Å². The van der Waals surface area contributed by atoms with Gasteiger partial charge >= 0.3 is 0 Å². The number of carbonyl (C=O) groups excluding carboxylic acids is 2. The van der Waals surface area contributed by atoms with E-state index in [0.717, 1.165) is 58.4 Å². The molecule has 2 unspecified atom stereocenters. The van der Waals surface area contributed by atoms with Crippen LogP contribution in [-0.2, 0) is 9.59 Å². The fraction of sp³-hybridized carbons (Fsp3) is 0.895. The maximum absolute atomic E-state index is 12.4. The zero-order chi connectivity index (χ0) is 16.5. The molecule has 2 amide bonds. The number of hydrogen-bond acceptors (Lipinski definition) is 3. The van der Waals surface area contributed by atoms with E-state index in [0.29, 0.717) is 42.0 Å². The molecule has 2 bridgehead atoms. The molecule has 0 spiro atoms. The molecule has 3 heterocycles. The first kappa shape index (κ1) is 16.4. The largest absolute Gasteiger partial charge is 0.343 e. The molecule has 4 fully saturated rings. The summed E-state index contributed by atoms with van der Waals surface area (Å²) in [6.07, 6.45) is 8.54. The van der Waals surface area contributed by atoms with Crippen LogP contribution in [0.1, 0.15) is 51.4 Å². The predicted molar refractivity (Wildman–Crippen MR) is 92.4 cm³/mol. The molecule has 1 N–H and O–H groups in total. The lowest BCUT2D eigenvalue weighted by Crippen LogP contribution is -2.57. The molecule has 3 aliphatic heterocycles. The van der Waals surface area contributed by atoms with Gasteiger partial charge in [0, 0.05) is 44.6 Å². The van der Waals surface area contributed by atoms with Crippen LogP contribution >= 0.6 is 0 Å². The van der Waals surface area contributed by atoms with Crippen LogP contribution in [0.2, 0.25) is 0 Å². The molecule has 5 heteroatoms. The first-order valence-corrected chi connectivity index (χ1v) is 10.0. The maximum Gasteiger partial charge on any atom is 0.225 e. The lowest BCUT2D eigenvalue weighted by molar-refractivity contribution is -0.136. The molecule has 4 aliphatic rings. The van der Waals surface area contributed by atoms with Crippen molar-refractivity contribution in [1.82, 2.24) is 15.1 Å². The van der Waals surface area contributed by atoms with Gasteiger partial charge in [0.05, 0.1) is 0 Å². The highest BCUT2D eigenvalue weighted by molar-refractivity contribution is 5.81. The molecule has 5 nitrogen and oxygen atoms in total. The summed E-state index contributed by atoms with van der Waals surface area (Å²) >= 11 is 0. The number of amides is 2. The average Bonchev–Trinajstić information content (AvgIpc) is 3.29. The summed E-state index contributed by atoms with van der Waals surface area (Å²) in [5.41, 5.74) is 0. The fourth-order valence-corrected chi connectivity index (χ4v) is 4.87. The van der Waals surface area contributed by atoms with Crippen molar-refractivity contribution in [2.24, 2.45) is 17.8 Å². The summed E-state index contributed by atoms with van der Waals surface area (Å²) in [5, 5.41) is 3.71. The standard InChI is InChI=1S/C19H31N3O2/c23-18(21-8-1-2-9-21)5-3-4-17-16-10-14(11-20-17)12-22(13-16)19(24)15-6-7-15/h14-17,20H,1-13H2/t14?,16?,17-/m1/s1. The Hall–Kier alpha value is -1.10. The van der Waals surface area contributed by atoms with Crippen molar-refractivity contribution in [1.29, 1.82) is 0 Å². The first-order chi connectivity index (χ1) is 11.7. The zero-order valence-electron chi connectivity index (χ0n) is 14.7. The van der Waals surface area contributed by atoms with Crippen molar-refractivity contribution >= 4 is 11.8 Å². The lowest BCUT2D eigenvalue weighted by Gasteiger charge is -2.46. The van der Waals surface area contributed by atoms with Gasteiger partial charge in [-0.2, -0.15) is 0 Å². The number of carbonyl (C=O) groups is 2. The molecular weight excluding hydrogens is 302 g/mol. The van der Waals surface area contributed by atoms with Gasteiger partial charge in [-0.1, -0.05) is 0 Å². The summed E-state index contributed by atoms with van der Waals surface area (Å²) in [4.78, 5) is 28.8. The minimum absolute atomic E-state index is 0.341. The van der Waals surface area contributed by atoms with E-state index in [1.165, 1.54) is 19.3 Å². The number of nitrogens with zero attached hydrogens (tertiary/aromatic N) is 2. The van der Waals surface area contributed by atoms with Gasteiger partial charge in [0.15, 0.2) is 0 Å². The minimum Gasteiger partial charge on any atom is -0.343 e. The SMILES string of the molecule is O=C(CCC[C@H]1NCC2CC1CN(C(=O)C1CC1)C2)N1CCCC1. The van der Waals surface area contributed by atoms with E-state index in [1.807, 2.05) is 4.90 Å². The van der Waals surface area contributed by atoms with E-state index in [2.05, 4.69) is 10.2 Å². The molecule has 24 heavy (non-hydrogen) atoms. The highest BCUT2D eigenvalue weighted by Crippen LogP contribution is 2.35. The summed E-state index contributed by atoms with van der Waals surface area (Å²) in [6, 6.07) is 0.488. The molecule has 1 saturated carbocycles. The molecule has 0 aromatic heterocycles. The second-order valence-corrected chi connectivity index (χ2v) is 8.37. The third-order valence-corrected chi connectivity index (χ3v) is 6.41. The van der Waals surface area contributed by atoms with Gasteiger partial charge in [0.2, 0.25) is 11.8 Å². The van der Waals surface area contributed by atoms with Gasteiger partial charge in [-0.15, -0.1) is 0 Å². The predicted octanol–water partition coefficient (Wildman–Crippen LogP) is 1.63. The number of likely N-dealkylation sites (tertiary alicyclic amines) is 2. The molecule has 0 aromatic carbocycles. The van der Waals surface area contributed by atoms with E-state index >= 15 is 0 Å². The average molecular weight is 333 g/mol. The molecule has 134 valence electrons. The molecule has 0 radical (unpaired) electrons. The van der Waals surface area contributed by atoms with E-state index in [-0.39, 0.29) is 0 Å². The Balaban J connectivity index is 1.25. The van der Waals surface area contributed by atoms with Crippen molar-refractivity contribution in [2.75, 3.05) is 32.7 Å². The molecule has 1 aliphatic carbocycles. The van der Waals surface area contributed by atoms with Crippen LogP contribution in [0, 0.1) is 17.8 Å². The Labute approximate surface area is 145 Å². The quantitative estimate of drug-likeness (QED) is 0.832. The van der Waals surface area contributed by atoms with Crippen LogP contribution in [0.25, 0.3) is 0 Å². The Bertz CT molecular complexity index is 485. The number of piperidine rings is 2. The van der Waals surface area contributed by atoms with Crippen LogP contribution in [-0.4, -0.2) is 60.4 Å². The first-order valence-electron chi connectivity index (χ1n) is 10.0. The van der Waals surface area contributed by atoms with Gasteiger partial charge in [-0.25, -0.2) is 0 Å². The topological polar surface area (TPSA) is 52.7 Å². The second kappa shape index (κ2) is 7.03. The Morgan fingerprint density at radius 1 is 1.04 bits per heavy atom. The van der Waals surface area contributed by atoms with Crippen molar-refractivity contribution in [3.63, 3.8) is 0 Å². The highest BCUT2D eigenvalue weighted by Gasteiger charge is 2.41.